The van der Waals surface area contributed by atoms with Crippen molar-refractivity contribution in [3.05, 3.63) is 71.3 Å². The van der Waals surface area contributed by atoms with Crippen LogP contribution < -0.4 is 5.32 Å². The number of carbonyl (C=O) groups excluding carboxylic acids is 3. The van der Waals surface area contributed by atoms with Gasteiger partial charge in [-0.2, -0.15) is 0 Å². The van der Waals surface area contributed by atoms with Gasteiger partial charge in [-0.1, -0.05) is 82.3 Å². The van der Waals surface area contributed by atoms with Crippen molar-refractivity contribution in [2.75, 3.05) is 13.6 Å². The first-order valence-corrected chi connectivity index (χ1v) is 12.6. The average molecular weight is 496 g/mol. The van der Waals surface area contributed by atoms with Gasteiger partial charge in [-0.05, 0) is 28.5 Å². The van der Waals surface area contributed by atoms with Gasteiger partial charge in [0.05, 0.1) is 12.6 Å². The van der Waals surface area contributed by atoms with E-state index in [0.29, 0.717) is 5.92 Å². The smallest absolute Gasteiger partial charge is 0.246 e. The lowest BCUT2D eigenvalue weighted by atomic mass is 9.95. The molecule has 0 aliphatic carbocycles. The number of likely N-dealkylation sites (tertiary alicyclic amines) is 1. The SMILES string of the molecule is CC(=O)N(C)[C@H](C(=O)N1C[C@H](F)C[C@H]1C(=O)N[C@@H](c1ccccc1)c1ccc(C(C)C)cc1)C(C)C. The Morgan fingerprint density at radius 3 is 2.03 bits per heavy atom. The van der Waals surface area contributed by atoms with Gasteiger partial charge >= 0.3 is 0 Å². The van der Waals surface area contributed by atoms with Crippen LogP contribution in [0.15, 0.2) is 54.6 Å². The van der Waals surface area contributed by atoms with Gasteiger partial charge < -0.3 is 15.1 Å². The number of halogens is 1. The second-order valence-corrected chi connectivity index (χ2v) is 10.3. The zero-order valence-corrected chi connectivity index (χ0v) is 22.1. The molecular formula is C29H38FN3O3. The van der Waals surface area contributed by atoms with Crippen LogP contribution in [0.5, 0.6) is 0 Å². The minimum absolute atomic E-state index is 0.0695. The molecule has 1 aliphatic heterocycles. The Hall–Kier alpha value is -3.22. The minimum atomic E-state index is -1.30. The van der Waals surface area contributed by atoms with Crippen LogP contribution in [-0.4, -0.2) is 59.4 Å². The van der Waals surface area contributed by atoms with Crippen LogP contribution in [0, 0.1) is 5.92 Å². The van der Waals surface area contributed by atoms with E-state index in [1.807, 2.05) is 56.3 Å². The number of hydrogen-bond acceptors (Lipinski definition) is 3. The van der Waals surface area contributed by atoms with Gasteiger partial charge in [-0.15, -0.1) is 0 Å². The highest BCUT2D eigenvalue weighted by molar-refractivity contribution is 5.92. The molecule has 7 heteroatoms. The molecule has 0 saturated carbocycles. The largest absolute Gasteiger partial charge is 0.343 e. The lowest BCUT2D eigenvalue weighted by Crippen LogP contribution is -2.55. The molecule has 0 aromatic heterocycles. The first-order chi connectivity index (χ1) is 17.0. The molecule has 36 heavy (non-hydrogen) atoms. The zero-order valence-electron chi connectivity index (χ0n) is 22.1. The van der Waals surface area contributed by atoms with Crippen LogP contribution in [0.1, 0.15) is 69.7 Å². The summed E-state index contributed by atoms with van der Waals surface area (Å²) in [6.45, 7) is 9.16. The number of amides is 3. The lowest BCUT2D eigenvalue weighted by molar-refractivity contribution is -0.148. The molecule has 2 aromatic carbocycles. The molecule has 0 bridgehead atoms. The van der Waals surface area contributed by atoms with Crippen molar-refractivity contribution in [1.29, 1.82) is 0 Å². The van der Waals surface area contributed by atoms with Crippen LogP contribution in [-0.2, 0) is 14.4 Å². The van der Waals surface area contributed by atoms with Crippen molar-refractivity contribution in [3.8, 4) is 0 Å². The summed E-state index contributed by atoms with van der Waals surface area (Å²) in [6, 6.07) is 15.5. The summed E-state index contributed by atoms with van der Waals surface area (Å²) in [6.07, 6.45) is -1.37. The number of rotatable bonds is 8. The molecule has 1 fully saturated rings. The summed E-state index contributed by atoms with van der Waals surface area (Å²) in [4.78, 5) is 41.8. The zero-order chi connectivity index (χ0) is 26.6. The predicted molar refractivity (Wildman–Crippen MR) is 139 cm³/mol. The molecule has 2 aromatic rings. The van der Waals surface area contributed by atoms with Gasteiger partial charge in [0.25, 0.3) is 0 Å². The van der Waals surface area contributed by atoms with Crippen LogP contribution in [0.2, 0.25) is 0 Å². The molecule has 6 nitrogen and oxygen atoms in total. The van der Waals surface area contributed by atoms with E-state index >= 15 is 0 Å². The lowest BCUT2D eigenvalue weighted by Gasteiger charge is -2.35. The van der Waals surface area contributed by atoms with E-state index in [9.17, 15) is 18.8 Å². The maximum absolute atomic E-state index is 14.6. The summed E-state index contributed by atoms with van der Waals surface area (Å²) in [7, 11) is 1.56. The van der Waals surface area contributed by atoms with Gasteiger partial charge in [0.2, 0.25) is 17.7 Å². The Labute approximate surface area is 213 Å². The average Bonchev–Trinajstić information content (AvgIpc) is 3.24. The molecule has 4 atom stereocenters. The molecule has 3 amide bonds. The first-order valence-electron chi connectivity index (χ1n) is 12.6. The molecule has 1 N–H and O–H groups in total. The quantitative estimate of drug-likeness (QED) is 0.588. The standard InChI is InChI=1S/C29H38FN3O3/c1-18(2)21-12-14-23(15-13-21)26(22-10-8-7-9-11-22)31-28(35)25-16-24(30)17-33(25)29(36)27(19(3)4)32(6)20(5)34/h7-15,18-19,24-27H,16-17H2,1-6H3,(H,31,35)/t24-,25+,26+,27+/m1/s1. The number of alkyl halides is 1. The van der Waals surface area contributed by atoms with E-state index in [2.05, 4.69) is 31.3 Å². The number of likely N-dealkylation sites (N-methyl/N-ethyl adjacent to an activating group) is 1. The fourth-order valence-corrected chi connectivity index (χ4v) is 4.86. The highest BCUT2D eigenvalue weighted by Crippen LogP contribution is 2.28. The second kappa shape index (κ2) is 11.7. The number of benzene rings is 2. The number of nitrogens with one attached hydrogen (secondary N) is 1. The van der Waals surface area contributed by atoms with Gasteiger partial charge in [0, 0.05) is 20.4 Å². The van der Waals surface area contributed by atoms with Gasteiger partial charge in [0.15, 0.2) is 0 Å². The fraction of sp³-hybridized carbons (Fsp3) is 0.483. The number of carbonyl (C=O) groups is 3. The summed E-state index contributed by atoms with van der Waals surface area (Å²) >= 11 is 0. The maximum atomic E-state index is 14.6. The van der Waals surface area contributed by atoms with Crippen LogP contribution in [0.3, 0.4) is 0 Å². The molecule has 0 spiro atoms. The van der Waals surface area contributed by atoms with Crippen molar-refractivity contribution in [2.24, 2.45) is 5.92 Å². The monoisotopic (exact) mass is 495 g/mol. The second-order valence-electron chi connectivity index (χ2n) is 10.3. The first kappa shape index (κ1) is 27.4. The van der Waals surface area contributed by atoms with Crippen molar-refractivity contribution in [1.82, 2.24) is 15.1 Å². The van der Waals surface area contributed by atoms with Gasteiger partial charge in [-0.3, -0.25) is 14.4 Å². The van der Waals surface area contributed by atoms with E-state index in [-0.39, 0.29) is 24.8 Å². The number of hydrogen-bond donors (Lipinski definition) is 1. The van der Waals surface area contributed by atoms with Crippen LogP contribution in [0.4, 0.5) is 4.39 Å². The van der Waals surface area contributed by atoms with Crippen molar-refractivity contribution >= 4 is 17.7 Å². The molecule has 1 saturated heterocycles. The molecule has 0 radical (unpaired) electrons. The van der Waals surface area contributed by atoms with Crippen molar-refractivity contribution in [3.63, 3.8) is 0 Å². The van der Waals surface area contributed by atoms with Gasteiger partial charge in [0.1, 0.15) is 18.3 Å². The molecule has 1 aliphatic rings. The van der Waals surface area contributed by atoms with E-state index in [0.717, 1.165) is 11.1 Å². The molecule has 194 valence electrons. The van der Waals surface area contributed by atoms with E-state index in [1.165, 1.54) is 22.3 Å². The predicted octanol–water partition coefficient (Wildman–Crippen LogP) is 4.46. The summed E-state index contributed by atoms with van der Waals surface area (Å²) in [5.74, 6) is -0.873. The third kappa shape index (κ3) is 6.12. The Kier molecular flexibility index (Phi) is 8.88. The third-order valence-electron chi connectivity index (χ3n) is 6.99. The van der Waals surface area contributed by atoms with Gasteiger partial charge in [-0.25, -0.2) is 4.39 Å². The molecule has 0 unspecified atom stereocenters. The Morgan fingerprint density at radius 2 is 1.50 bits per heavy atom. The van der Waals surface area contributed by atoms with E-state index in [4.69, 9.17) is 0 Å². The summed E-state index contributed by atoms with van der Waals surface area (Å²) < 4.78 is 14.6. The molecule has 3 rings (SSSR count). The third-order valence-corrected chi connectivity index (χ3v) is 6.99. The minimum Gasteiger partial charge on any atom is -0.343 e. The van der Waals surface area contributed by atoms with Crippen LogP contribution >= 0.6 is 0 Å². The number of nitrogens with zero attached hydrogens (tertiary/aromatic N) is 2. The van der Waals surface area contributed by atoms with Crippen molar-refractivity contribution < 1.29 is 18.8 Å². The van der Waals surface area contributed by atoms with E-state index < -0.39 is 36.1 Å². The normalized spacial score (nSPS) is 19.3. The highest BCUT2D eigenvalue weighted by atomic mass is 19.1. The molecular weight excluding hydrogens is 457 g/mol. The highest BCUT2D eigenvalue weighted by Gasteiger charge is 2.44. The Balaban J connectivity index is 1.89. The van der Waals surface area contributed by atoms with E-state index in [1.54, 1.807) is 7.05 Å². The Bertz CT molecular complexity index is 1060. The fourth-order valence-electron chi connectivity index (χ4n) is 4.86. The maximum Gasteiger partial charge on any atom is 0.246 e. The summed E-state index contributed by atoms with van der Waals surface area (Å²) in [5, 5.41) is 3.09. The topological polar surface area (TPSA) is 69.7 Å². The van der Waals surface area contributed by atoms with Crippen molar-refractivity contribution in [2.45, 2.75) is 71.3 Å². The molecule has 1 heterocycles. The summed E-state index contributed by atoms with van der Waals surface area (Å²) in [5.41, 5.74) is 2.99. The van der Waals surface area contributed by atoms with Crippen LogP contribution in [0.25, 0.3) is 0 Å². The Morgan fingerprint density at radius 1 is 0.944 bits per heavy atom.